The third-order valence-corrected chi connectivity index (χ3v) is 6.75. The van der Waals surface area contributed by atoms with Gasteiger partial charge in [0.05, 0.1) is 19.2 Å². The number of nitrogens with one attached hydrogen (secondary N) is 1. The molecule has 2 aliphatic rings. The van der Waals surface area contributed by atoms with Crippen LogP contribution in [0.15, 0.2) is 10.5 Å². The number of ether oxygens (including phenoxy) is 1. The predicted octanol–water partition coefficient (Wildman–Crippen LogP) is -2.38. The minimum atomic E-state index is -5.06. The zero-order chi connectivity index (χ0) is 27.0. The number of carbonyl (C=O) groups is 4. The lowest BCUT2D eigenvalue weighted by atomic mass is 9.97. The summed E-state index contributed by atoms with van der Waals surface area (Å²) in [5, 5.41) is 25.5. The number of nitrogens with two attached hydrogens (primary N) is 1. The van der Waals surface area contributed by atoms with Crippen molar-refractivity contribution in [2.75, 3.05) is 25.4 Å². The van der Waals surface area contributed by atoms with Gasteiger partial charge in [-0.05, 0) is 13.8 Å². The fraction of sp³-hybridized carbons (Fsp3) is 0.529. The fourth-order valence-electron chi connectivity index (χ4n) is 3.19. The summed E-state index contributed by atoms with van der Waals surface area (Å²) in [5.74, 6) is -3.73. The van der Waals surface area contributed by atoms with Crippen LogP contribution in [0.4, 0.5) is 9.93 Å². The van der Waals surface area contributed by atoms with Crippen LogP contribution in [-0.4, -0.2) is 110 Å². The number of cyclic esters (lactones) is 1. The Morgan fingerprint density at radius 2 is 2.08 bits per heavy atom. The van der Waals surface area contributed by atoms with Gasteiger partial charge in [0.15, 0.2) is 10.8 Å². The SMILES string of the molecule is CC(C)(ON=C(C(=O)N[C@@H]1C(=O)N(S(=O)(=O)O)[C@H]1CN1C[C@@H](CO)OC1=O)c1csc(N)n1)C(=O)O. The smallest absolute Gasteiger partial charge is 0.410 e. The van der Waals surface area contributed by atoms with Gasteiger partial charge in [-0.15, -0.1) is 11.3 Å². The van der Waals surface area contributed by atoms with E-state index in [2.05, 4.69) is 15.5 Å². The Balaban J connectivity index is 1.86. The van der Waals surface area contributed by atoms with Crippen LogP contribution < -0.4 is 11.1 Å². The Labute approximate surface area is 207 Å². The number of carboxylic acids is 1. The number of oxime groups is 1. The third kappa shape index (κ3) is 5.48. The highest BCUT2D eigenvalue weighted by Gasteiger charge is 2.55. The van der Waals surface area contributed by atoms with Crippen molar-refractivity contribution in [1.29, 1.82) is 0 Å². The number of aromatic nitrogens is 1. The Morgan fingerprint density at radius 1 is 1.42 bits per heavy atom. The molecule has 3 rings (SSSR count). The molecule has 36 heavy (non-hydrogen) atoms. The van der Waals surface area contributed by atoms with Gasteiger partial charge in [0.2, 0.25) is 5.60 Å². The van der Waals surface area contributed by atoms with E-state index in [9.17, 15) is 42.4 Å². The number of aliphatic carboxylic acids is 1. The number of rotatable bonds is 10. The summed E-state index contributed by atoms with van der Waals surface area (Å²) >= 11 is 0.925. The average Bonchev–Trinajstić information content (AvgIpc) is 3.35. The number of carbonyl (C=O) groups excluding carboxylic acids is 3. The molecule has 17 nitrogen and oxygen atoms in total. The molecular weight excluding hydrogens is 528 g/mol. The zero-order valence-corrected chi connectivity index (χ0v) is 20.4. The number of β-lactam (4-membered cyclic amide) rings is 1. The normalized spacial score (nSPS) is 22.8. The molecule has 2 saturated heterocycles. The van der Waals surface area contributed by atoms with E-state index in [1.165, 1.54) is 5.38 Å². The molecule has 19 heteroatoms. The summed E-state index contributed by atoms with van der Waals surface area (Å²) < 4.78 is 37.9. The highest BCUT2D eigenvalue weighted by Crippen LogP contribution is 2.26. The molecule has 0 aliphatic carbocycles. The van der Waals surface area contributed by atoms with Crippen LogP contribution in [0.3, 0.4) is 0 Å². The summed E-state index contributed by atoms with van der Waals surface area (Å²) in [6.07, 6.45) is -1.79. The molecule has 0 unspecified atom stereocenters. The first-order valence-corrected chi connectivity index (χ1v) is 12.3. The molecule has 0 saturated carbocycles. The standard InChI is InChI=1S/C17H22N6O11S2/c1-17(2,14(27)28)34-21-10(8-6-35-15(18)19-8)12(25)20-11-9(23(13(11)26)36(30,31)32)4-22-3-7(5-24)33-16(22)29/h6-7,9,11,24H,3-5H2,1-2H3,(H2,18,19)(H,20,25)(H,27,28)(H,30,31,32)/t7-,9-,11-/m0/s1. The number of thiazole rings is 1. The van der Waals surface area contributed by atoms with Gasteiger partial charge in [-0.2, -0.15) is 8.42 Å². The molecule has 3 amide bonds. The molecule has 2 aliphatic heterocycles. The maximum absolute atomic E-state index is 13.0. The van der Waals surface area contributed by atoms with Gasteiger partial charge >= 0.3 is 22.4 Å². The van der Waals surface area contributed by atoms with Gasteiger partial charge in [-0.3, -0.25) is 14.1 Å². The molecule has 0 aromatic carbocycles. The highest BCUT2D eigenvalue weighted by atomic mass is 32.2. The van der Waals surface area contributed by atoms with Crippen molar-refractivity contribution in [3.8, 4) is 0 Å². The molecule has 1 aromatic heterocycles. The van der Waals surface area contributed by atoms with Crippen LogP contribution in [0, 0.1) is 0 Å². The summed E-state index contributed by atoms with van der Waals surface area (Å²) in [6.45, 7) is 1.20. The quantitative estimate of drug-likeness (QED) is 0.0884. The second-order valence-corrected chi connectivity index (χ2v) is 10.3. The van der Waals surface area contributed by atoms with E-state index in [0.29, 0.717) is 0 Å². The fourth-order valence-corrected chi connectivity index (χ4v) is 4.61. The second kappa shape index (κ2) is 9.84. The van der Waals surface area contributed by atoms with E-state index in [1.807, 2.05) is 0 Å². The van der Waals surface area contributed by atoms with Crippen molar-refractivity contribution in [3.63, 3.8) is 0 Å². The van der Waals surface area contributed by atoms with Crippen LogP contribution in [-0.2, 0) is 34.3 Å². The molecular formula is C17H22N6O11S2. The number of aliphatic hydroxyl groups excluding tert-OH is 1. The predicted molar refractivity (Wildman–Crippen MR) is 119 cm³/mol. The van der Waals surface area contributed by atoms with E-state index >= 15 is 0 Å². The Kier molecular flexibility index (Phi) is 7.39. The summed E-state index contributed by atoms with van der Waals surface area (Å²) in [6, 6.07) is -3.01. The lowest BCUT2D eigenvalue weighted by Crippen LogP contribution is -2.74. The van der Waals surface area contributed by atoms with Crippen molar-refractivity contribution in [2.45, 2.75) is 37.6 Å². The number of amides is 3. The van der Waals surface area contributed by atoms with Crippen molar-refractivity contribution in [3.05, 3.63) is 11.1 Å². The highest BCUT2D eigenvalue weighted by molar-refractivity contribution is 7.84. The van der Waals surface area contributed by atoms with Crippen LogP contribution >= 0.6 is 11.3 Å². The minimum absolute atomic E-state index is 0.0316. The van der Waals surface area contributed by atoms with Gasteiger partial charge in [0.1, 0.15) is 17.8 Å². The number of hydrogen-bond donors (Lipinski definition) is 5. The molecule has 0 spiro atoms. The zero-order valence-electron chi connectivity index (χ0n) is 18.7. The lowest BCUT2D eigenvalue weighted by Gasteiger charge is -2.45. The Morgan fingerprint density at radius 3 is 2.58 bits per heavy atom. The first-order chi connectivity index (χ1) is 16.7. The van der Waals surface area contributed by atoms with Crippen molar-refractivity contribution in [1.82, 2.24) is 19.5 Å². The molecule has 0 bridgehead atoms. The van der Waals surface area contributed by atoms with Gasteiger partial charge in [0.25, 0.3) is 11.8 Å². The number of anilines is 1. The maximum atomic E-state index is 13.0. The van der Waals surface area contributed by atoms with Gasteiger partial charge in [-0.1, -0.05) is 5.16 Å². The summed E-state index contributed by atoms with van der Waals surface area (Å²) in [7, 11) is -5.06. The number of aliphatic hydroxyl groups is 1. The van der Waals surface area contributed by atoms with Gasteiger partial charge in [0, 0.05) is 11.9 Å². The van der Waals surface area contributed by atoms with E-state index in [0.717, 1.165) is 30.1 Å². The molecule has 198 valence electrons. The first-order valence-electron chi connectivity index (χ1n) is 10.0. The monoisotopic (exact) mass is 550 g/mol. The second-order valence-electron chi connectivity index (χ2n) is 8.14. The summed E-state index contributed by atoms with van der Waals surface area (Å²) in [5.41, 5.74) is 3.03. The molecule has 3 heterocycles. The number of nitrogens with zero attached hydrogens (tertiary/aromatic N) is 4. The van der Waals surface area contributed by atoms with Gasteiger partial charge < -0.3 is 35.7 Å². The van der Waals surface area contributed by atoms with Gasteiger partial charge in [-0.25, -0.2) is 18.9 Å². The average molecular weight is 551 g/mol. The van der Waals surface area contributed by atoms with E-state index < -0.39 is 76.8 Å². The summed E-state index contributed by atoms with van der Waals surface area (Å²) in [4.78, 5) is 58.7. The van der Waals surface area contributed by atoms with Crippen LogP contribution in [0.25, 0.3) is 0 Å². The van der Waals surface area contributed by atoms with E-state index in [4.69, 9.17) is 15.3 Å². The van der Waals surface area contributed by atoms with Crippen molar-refractivity contribution >= 4 is 56.4 Å². The Hall–Kier alpha value is -3.55. The number of carboxylic acid groups (broad SMARTS) is 1. The van der Waals surface area contributed by atoms with Crippen LogP contribution in [0.1, 0.15) is 19.5 Å². The minimum Gasteiger partial charge on any atom is -0.478 e. The molecule has 3 atom stereocenters. The topological polar surface area (TPSA) is 251 Å². The first kappa shape index (κ1) is 27.0. The van der Waals surface area contributed by atoms with E-state index in [-0.39, 0.29) is 21.7 Å². The molecule has 6 N–H and O–H groups in total. The lowest BCUT2D eigenvalue weighted by molar-refractivity contribution is -0.161. The molecule has 2 fully saturated rings. The van der Waals surface area contributed by atoms with Crippen LogP contribution in [0.2, 0.25) is 0 Å². The van der Waals surface area contributed by atoms with Crippen LogP contribution in [0.5, 0.6) is 0 Å². The van der Waals surface area contributed by atoms with Crippen molar-refractivity contribution in [2.24, 2.45) is 5.16 Å². The molecule has 0 radical (unpaired) electrons. The largest absolute Gasteiger partial charge is 0.478 e. The maximum Gasteiger partial charge on any atom is 0.410 e. The van der Waals surface area contributed by atoms with E-state index in [1.54, 1.807) is 0 Å². The van der Waals surface area contributed by atoms with Crippen molar-refractivity contribution < 1.29 is 51.9 Å². The number of hydrogen-bond acceptors (Lipinski definition) is 13. The third-order valence-electron chi connectivity index (χ3n) is 5.13. The molecule has 1 aromatic rings. The number of nitrogen functional groups attached to an aromatic ring is 1. The Bertz CT molecular complexity index is 1210.